The molecule has 162 valence electrons. The highest BCUT2D eigenvalue weighted by atomic mass is 35.5. The van der Waals surface area contributed by atoms with Crippen LogP contribution < -0.4 is 25.1 Å². The molecular formula is C23H23ClN2O5. The number of nitrogens with zero attached hydrogens (tertiary/aromatic N) is 1. The molecule has 3 aromatic rings. The van der Waals surface area contributed by atoms with Crippen LogP contribution in [0.1, 0.15) is 11.1 Å². The standard InChI is InChI=1S/C23H23ClN2O5/c1-29-19-10-15(11-20(30-2)23(19)31-3)12-21(27)25-17-8-9-22(28)26(14-17)13-16-6-4-5-7-18(16)24/h4-11,14H,12-13H2,1-3H3,(H,25,27). The van der Waals surface area contributed by atoms with Gasteiger partial charge < -0.3 is 24.1 Å². The summed E-state index contributed by atoms with van der Waals surface area (Å²) in [4.78, 5) is 24.8. The third-order valence-corrected chi connectivity index (χ3v) is 5.02. The van der Waals surface area contributed by atoms with E-state index in [0.29, 0.717) is 40.1 Å². The largest absolute Gasteiger partial charge is 0.493 e. The van der Waals surface area contributed by atoms with Crippen molar-refractivity contribution in [3.05, 3.63) is 81.2 Å². The van der Waals surface area contributed by atoms with Gasteiger partial charge in [0.2, 0.25) is 11.7 Å². The Morgan fingerprint density at radius 3 is 2.29 bits per heavy atom. The van der Waals surface area contributed by atoms with Crippen molar-refractivity contribution in [1.82, 2.24) is 4.57 Å². The zero-order valence-electron chi connectivity index (χ0n) is 17.5. The third-order valence-electron chi connectivity index (χ3n) is 4.65. The van der Waals surface area contributed by atoms with Crippen LogP contribution in [0, 0.1) is 0 Å². The average molecular weight is 443 g/mol. The molecule has 0 unspecified atom stereocenters. The minimum atomic E-state index is -0.253. The molecule has 0 saturated heterocycles. The van der Waals surface area contributed by atoms with Crippen molar-refractivity contribution >= 4 is 23.2 Å². The molecule has 7 nitrogen and oxygen atoms in total. The van der Waals surface area contributed by atoms with Gasteiger partial charge in [0.25, 0.3) is 5.56 Å². The van der Waals surface area contributed by atoms with Gasteiger partial charge in [-0.25, -0.2) is 0 Å². The molecule has 1 heterocycles. The van der Waals surface area contributed by atoms with E-state index in [9.17, 15) is 9.59 Å². The van der Waals surface area contributed by atoms with Crippen LogP contribution in [0.4, 0.5) is 5.69 Å². The molecule has 1 amide bonds. The van der Waals surface area contributed by atoms with E-state index in [1.807, 2.05) is 18.2 Å². The van der Waals surface area contributed by atoms with Gasteiger partial charge in [-0.2, -0.15) is 0 Å². The Bertz CT molecular complexity index is 1120. The number of benzene rings is 2. The summed E-state index contributed by atoms with van der Waals surface area (Å²) in [6, 6.07) is 13.7. The minimum Gasteiger partial charge on any atom is -0.493 e. The van der Waals surface area contributed by atoms with Crippen LogP contribution in [0.2, 0.25) is 5.02 Å². The summed E-state index contributed by atoms with van der Waals surface area (Å²) in [7, 11) is 4.55. The predicted octanol–water partition coefficient (Wildman–Crippen LogP) is 3.76. The fourth-order valence-corrected chi connectivity index (χ4v) is 3.36. The lowest BCUT2D eigenvalue weighted by atomic mass is 10.1. The van der Waals surface area contributed by atoms with Gasteiger partial charge in [-0.15, -0.1) is 0 Å². The van der Waals surface area contributed by atoms with E-state index in [4.69, 9.17) is 25.8 Å². The van der Waals surface area contributed by atoms with E-state index >= 15 is 0 Å². The number of pyridine rings is 1. The Balaban J connectivity index is 1.77. The van der Waals surface area contributed by atoms with Crippen LogP contribution in [0.3, 0.4) is 0 Å². The fraction of sp³-hybridized carbons (Fsp3) is 0.217. The lowest BCUT2D eigenvalue weighted by molar-refractivity contribution is -0.115. The lowest BCUT2D eigenvalue weighted by Crippen LogP contribution is -2.21. The van der Waals surface area contributed by atoms with Crippen LogP contribution in [0.25, 0.3) is 0 Å². The highest BCUT2D eigenvalue weighted by Gasteiger charge is 2.15. The summed E-state index contributed by atoms with van der Waals surface area (Å²) in [5, 5.41) is 3.39. The summed E-state index contributed by atoms with van der Waals surface area (Å²) < 4.78 is 17.5. The van der Waals surface area contributed by atoms with Crippen molar-refractivity contribution in [2.24, 2.45) is 0 Å². The number of nitrogens with one attached hydrogen (secondary N) is 1. The van der Waals surface area contributed by atoms with Gasteiger partial charge in [0.15, 0.2) is 11.5 Å². The number of methoxy groups -OCH3 is 3. The SMILES string of the molecule is COc1cc(CC(=O)Nc2ccc(=O)n(Cc3ccccc3Cl)c2)cc(OC)c1OC. The van der Waals surface area contributed by atoms with Gasteiger partial charge >= 0.3 is 0 Å². The first-order valence-corrected chi connectivity index (χ1v) is 9.85. The van der Waals surface area contributed by atoms with E-state index in [2.05, 4.69) is 5.32 Å². The number of rotatable bonds is 8. The Hall–Kier alpha value is -3.45. The smallest absolute Gasteiger partial charge is 0.250 e. The number of hydrogen-bond acceptors (Lipinski definition) is 5. The topological polar surface area (TPSA) is 78.8 Å². The van der Waals surface area contributed by atoms with Gasteiger partial charge in [-0.05, 0) is 35.4 Å². The fourth-order valence-electron chi connectivity index (χ4n) is 3.17. The molecule has 0 bridgehead atoms. The summed E-state index contributed by atoms with van der Waals surface area (Å²) in [5.41, 5.74) is 1.81. The van der Waals surface area contributed by atoms with Gasteiger partial charge in [0, 0.05) is 17.3 Å². The molecule has 8 heteroatoms. The molecule has 2 aromatic carbocycles. The number of carbonyl (C=O) groups excluding carboxylic acids is 1. The number of ether oxygens (including phenoxy) is 3. The maximum Gasteiger partial charge on any atom is 0.250 e. The number of hydrogen-bond donors (Lipinski definition) is 1. The van der Waals surface area contributed by atoms with Crippen molar-refractivity contribution < 1.29 is 19.0 Å². The second-order valence-corrected chi connectivity index (χ2v) is 7.14. The first-order valence-electron chi connectivity index (χ1n) is 9.47. The molecule has 1 N–H and O–H groups in total. The maximum atomic E-state index is 12.6. The third kappa shape index (κ3) is 5.38. The predicted molar refractivity (Wildman–Crippen MR) is 120 cm³/mol. The first-order chi connectivity index (χ1) is 14.9. The Morgan fingerprint density at radius 1 is 1.00 bits per heavy atom. The molecular weight excluding hydrogens is 420 g/mol. The molecule has 0 atom stereocenters. The van der Waals surface area contributed by atoms with Crippen LogP contribution in [0.15, 0.2) is 59.5 Å². The molecule has 31 heavy (non-hydrogen) atoms. The van der Waals surface area contributed by atoms with Crippen LogP contribution in [0.5, 0.6) is 17.2 Å². The lowest BCUT2D eigenvalue weighted by Gasteiger charge is -2.14. The molecule has 0 aliphatic carbocycles. The maximum absolute atomic E-state index is 12.6. The highest BCUT2D eigenvalue weighted by Crippen LogP contribution is 2.38. The van der Waals surface area contributed by atoms with E-state index in [0.717, 1.165) is 5.56 Å². The van der Waals surface area contributed by atoms with Crippen molar-refractivity contribution in [3.8, 4) is 17.2 Å². The number of amides is 1. The summed E-state index contributed by atoms with van der Waals surface area (Å²) in [6.07, 6.45) is 1.68. The number of carbonyl (C=O) groups is 1. The van der Waals surface area contributed by atoms with Crippen molar-refractivity contribution in [2.45, 2.75) is 13.0 Å². The zero-order chi connectivity index (χ0) is 22.4. The molecule has 3 rings (SSSR count). The second kappa shape index (κ2) is 10.0. The minimum absolute atomic E-state index is 0.0837. The first kappa shape index (κ1) is 22.2. The van der Waals surface area contributed by atoms with Crippen molar-refractivity contribution in [3.63, 3.8) is 0 Å². The summed E-state index contributed by atoms with van der Waals surface area (Å²) >= 11 is 6.20. The highest BCUT2D eigenvalue weighted by molar-refractivity contribution is 6.31. The van der Waals surface area contributed by atoms with Crippen LogP contribution >= 0.6 is 11.6 Å². The number of halogens is 1. The quantitative estimate of drug-likeness (QED) is 0.574. The van der Waals surface area contributed by atoms with Gasteiger partial charge in [0.1, 0.15) is 0 Å². The van der Waals surface area contributed by atoms with E-state index in [1.54, 1.807) is 30.5 Å². The summed E-state index contributed by atoms with van der Waals surface area (Å²) in [5.74, 6) is 1.15. The van der Waals surface area contributed by atoms with Crippen molar-refractivity contribution in [1.29, 1.82) is 0 Å². The molecule has 0 radical (unpaired) electrons. The Morgan fingerprint density at radius 2 is 1.68 bits per heavy atom. The van der Waals surface area contributed by atoms with Gasteiger partial charge in [0.05, 0.1) is 40.0 Å². The van der Waals surface area contributed by atoms with E-state index in [1.165, 1.54) is 32.0 Å². The monoisotopic (exact) mass is 442 g/mol. The molecule has 0 aliphatic rings. The van der Waals surface area contributed by atoms with Crippen molar-refractivity contribution in [2.75, 3.05) is 26.6 Å². The number of aromatic nitrogens is 1. The van der Waals surface area contributed by atoms with E-state index < -0.39 is 0 Å². The normalized spacial score (nSPS) is 10.5. The Kier molecular flexibility index (Phi) is 7.20. The molecule has 0 fully saturated rings. The number of anilines is 1. The average Bonchev–Trinajstić information content (AvgIpc) is 2.76. The molecule has 0 spiro atoms. The Labute approximate surface area is 185 Å². The second-order valence-electron chi connectivity index (χ2n) is 6.73. The molecule has 0 aliphatic heterocycles. The molecule has 0 saturated carbocycles. The zero-order valence-corrected chi connectivity index (χ0v) is 18.2. The van der Waals surface area contributed by atoms with Crippen LogP contribution in [-0.2, 0) is 17.8 Å². The van der Waals surface area contributed by atoms with Gasteiger partial charge in [-0.1, -0.05) is 29.8 Å². The van der Waals surface area contributed by atoms with E-state index in [-0.39, 0.29) is 17.9 Å². The van der Waals surface area contributed by atoms with Gasteiger partial charge in [-0.3, -0.25) is 9.59 Å². The van der Waals surface area contributed by atoms with Crippen LogP contribution in [-0.4, -0.2) is 31.8 Å². The summed E-state index contributed by atoms with van der Waals surface area (Å²) in [6.45, 7) is 0.301. The molecule has 1 aromatic heterocycles.